The molecular weight excluding hydrogens is 230 g/mol. The van der Waals surface area contributed by atoms with Crippen molar-refractivity contribution in [3.8, 4) is 0 Å². The summed E-state index contributed by atoms with van der Waals surface area (Å²) in [4.78, 5) is 1.27. The van der Waals surface area contributed by atoms with Crippen LogP contribution in [0.15, 0.2) is 29.2 Å². The first-order valence-electron chi connectivity index (χ1n) is 6.24. The van der Waals surface area contributed by atoms with E-state index in [1.54, 1.807) is 11.8 Å². The van der Waals surface area contributed by atoms with Crippen LogP contribution in [0.3, 0.4) is 0 Å². The second kappa shape index (κ2) is 7.75. The molecule has 0 aliphatic carbocycles. The molecule has 1 aromatic rings. The Bertz CT molecular complexity index is 313. The number of rotatable bonds is 7. The van der Waals surface area contributed by atoms with Crippen LogP contribution in [0.4, 0.5) is 0 Å². The van der Waals surface area contributed by atoms with Crippen LogP contribution in [-0.4, -0.2) is 23.5 Å². The molecule has 3 heteroatoms. The van der Waals surface area contributed by atoms with Crippen molar-refractivity contribution in [1.29, 1.82) is 0 Å². The largest absolute Gasteiger partial charge is 0.392 e. The van der Waals surface area contributed by atoms with E-state index >= 15 is 0 Å². The van der Waals surface area contributed by atoms with E-state index in [4.69, 9.17) is 5.73 Å². The van der Waals surface area contributed by atoms with Gasteiger partial charge in [-0.3, -0.25) is 0 Å². The standard InChI is InChI=1S/C14H23NOS/c1-3-4-13(15)14(16)10-7-11-5-8-12(17-2)9-6-11/h5-6,8-9,13-14,16H,3-4,7,10,15H2,1-2H3. The Balaban J connectivity index is 2.38. The zero-order chi connectivity index (χ0) is 12.7. The fraction of sp³-hybridized carbons (Fsp3) is 0.571. The molecule has 0 radical (unpaired) electrons. The molecule has 1 rings (SSSR count). The van der Waals surface area contributed by atoms with Gasteiger partial charge in [-0.15, -0.1) is 11.8 Å². The molecular formula is C14H23NOS. The van der Waals surface area contributed by atoms with Gasteiger partial charge in [0.25, 0.3) is 0 Å². The predicted molar refractivity (Wildman–Crippen MR) is 75.4 cm³/mol. The van der Waals surface area contributed by atoms with Crippen molar-refractivity contribution in [2.45, 2.75) is 49.6 Å². The quantitative estimate of drug-likeness (QED) is 0.735. The average molecular weight is 253 g/mol. The lowest BCUT2D eigenvalue weighted by atomic mass is 10.00. The number of hydrogen-bond acceptors (Lipinski definition) is 3. The molecule has 0 amide bonds. The zero-order valence-corrected chi connectivity index (χ0v) is 11.5. The maximum atomic E-state index is 9.88. The Morgan fingerprint density at radius 2 is 1.88 bits per heavy atom. The van der Waals surface area contributed by atoms with Gasteiger partial charge in [0.15, 0.2) is 0 Å². The van der Waals surface area contributed by atoms with Crippen molar-refractivity contribution in [2.75, 3.05) is 6.26 Å². The summed E-state index contributed by atoms with van der Waals surface area (Å²) in [6.45, 7) is 2.09. The van der Waals surface area contributed by atoms with Crippen molar-refractivity contribution >= 4 is 11.8 Å². The third-order valence-electron chi connectivity index (χ3n) is 3.00. The third kappa shape index (κ3) is 5.11. The Kier molecular flexibility index (Phi) is 6.63. The third-order valence-corrected chi connectivity index (χ3v) is 3.75. The second-order valence-electron chi connectivity index (χ2n) is 4.41. The molecule has 0 fully saturated rings. The molecule has 96 valence electrons. The molecule has 0 aliphatic heterocycles. The maximum Gasteiger partial charge on any atom is 0.0694 e. The molecule has 0 saturated heterocycles. The smallest absolute Gasteiger partial charge is 0.0694 e. The average Bonchev–Trinajstić information content (AvgIpc) is 2.36. The number of benzene rings is 1. The molecule has 0 heterocycles. The van der Waals surface area contributed by atoms with E-state index in [0.29, 0.717) is 0 Å². The minimum atomic E-state index is -0.379. The monoisotopic (exact) mass is 253 g/mol. The number of hydrogen-bond donors (Lipinski definition) is 2. The first kappa shape index (κ1) is 14.6. The number of thioether (sulfide) groups is 1. The highest BCUT2D eigenvalue weighted by Gasteiger charge is 2.13. The van der Waals surface area contributed by atoms with E-state index in [9.17, 15) is 5.11 Å². The molecule has 2 atom stereocenters. The summed E-state index contributed by atoms with van der Waals surface area (Å²) in [5.41, 5.74) is 7.15. The summed E-state index contributed by atoms with van der Waals surface area (Å²) in [6, 6.07) is 8.43. The van der Waals surface area contributed by atoms with Gasteiger partial charge in [-0.25, -0.2) is 0 Å². The van der Waals surface area contributed by atoms with E-state index in [-0.39, 0.29) is 12.1 Å². The summed E-state index contributed by atoms with van der Waals surface area (Å²) < 4.78 is 0. The van der Waals surface area contributed by atoms with Gasteiger partial charge in [-0.05, 0) is 43.2 Å². The fourth-order valence-corrected chi connectivity index (χ4v) is 2.25. The molecule has 2 nitrogen and oxygen atoms in total. The lowest BCUT2D eigenvalue weighted by molar-refractivity contribution is 0.131. The van der Waals surface area contributed by atoms with Gasteiger partial charge < -0.3 is 10.8 Å². The zero-order valence-electron chi connectivity index (χ0n) is 10.7. The van der Waals surface area contributed by atoms with Crippen molar-refractivity contribution in [3.05, 3.63) is 29.8 Å². The minimum absolute atomic E-state index is 0.0783. The van der Waals surface area contributed by atoms with E-state index in [1.165, 1.54) is 10.5 Å². The number of nitrogens with two attached hydrogens (primary N) is 1. The molecule has 17 heavy (non-hydrogen) atoms. The van der Waals surface area contributed by atoms with Gasteiger partial charge in [-0.2, -0.15) is 0 Å². The molecule has 1 aromatic carbocycles. The van der Waals surface area contributed by atoms with Crippen LogP contribution in [0.25, 0.3) is 0 Å². The number of aliphatic hydroxyl groups excluding tert-OH is 1. The van der Waals surface area contributed by atoms with E-state index in [0.717, 1.165) is 25.7 Å². The van der Waals surface area contributed by atoms with Gasteiger partial charge in [0.1, 0.15) is 0 Å². The summed E-state index contributed by atoms with van der Waals surface area (Å²) in [6.07, 6.45) is 5.26. The molecule has 3 N–H and O–H groups in total. The summed E-state index contributed by atoms with van der Waals surface area (Å²) in [7, 11) is 0. The summed E-state index contributed by atoms with van der Waals surface area (Å²) in [5, 5.41) is 9.88. The predicted octanol–water partition coefficient (Wildman–Crippen LogP) is 2.83. The van der Waals surface area contributed by atoms with Crippen LogP contribution in [0, 0.1) is 0 Å². The SMILES string of the molecule is CCCC(N)C(O)CCc1ccc(SC)cc1. The van der Waals surface area contributed by atoms with Gasteiger partial charge in [0.05, 0.1) is 6.10 Å². The van der Waals surface area contributed by atoms with Crippen LogP contribution in [0.1, 0.15) is 31.7 Å². The van der Waals surface area contributed by atoms with Gasteiger partial charge in [-0.1, -0.05) is 25.5 Å². The van der Waals surface area contributed by atoms with E-state index < -0.39 is 0 Å². The van der Waals surface area contributed by atoms with Crippen LogP contribution >= 0.6 is 11.8 Å². The second-order valence-corrected chi connectivity index (χ2v) is 5.29. The fourth-order valence-electron chi connectivity index (χ4n) is 1.85. The molecule has 0 aliphatic rings. The minimum Gasteiger partial charge on any atom is -0.392 e. The highest BCUT2D eigenvalue weighted by Crippen LogP contribution is 2.16. The lowest BCUT2D eigenvalue weighted by Crippen LogP contribution is -2.34. The topological polar surface area (TPSA) is 46.2 Å². The summed E-state index contributed by atoms with van der Waals surface area (Å²) in [5.74, 6) is 0. The highest BCUT2D eigenvalue weighted by atomic mass is 32.2. The Labute approximate surface area is 109 Å². The first-order valence-corrected chi connectivity index (χ1v) is 7.46. The lowest BCUT2D eigenvalue weighted by Gasteiger charge is -2.18. The van der Waals surface area contributed by atoms with E-state index in [1.807, 2.05) is 0 Å². The van der Waals surface area contributed by atoms with Crippen LogP contribution in [0.5, 0.6) is 0 Å². The number of aryl methyl sites for hydroxylation is 1. The molecule has 0 bridgehead atoms. The molecule has 0 spiro atoms. The highest BCUT2D eigenvalue weighted by molar-refractivity contribution is 7.98. The van der Waals surface area contributed by atoms with Crippen LogP contribution in [-0.2, 0) is 6.42 Å². The summed E-state index contributed by atoms with van der Waals surface area (Å²) >= 11 is 1.74. The Hall–Kier alpha value is -0.510. The van der Waals surface area contributed by atoms with Crippen molar-refractivity contribution in [1.82, 2.24) is 0 Å². The maximum absolute atomic E-state index is 9.88. The van der Waals surface area contributed by atoms with Crippen LogP contribution < -0.4 is 5.73 Å². The Morgan fingerprint density at radius 3 is 2.41 bits per heavy atom. The van der Waals surface area contributed by atoms with Gasteiger partial charge in [0.2, 0.25) is 0 Å². The first-order chi connectivity index (χ1) is 8.17. The van der Waals surface area contributed by atoms with Crippen molar-refractivity contribution < 1.29 is 5.11 Å². The normalized spacial score (nSPS) is 14.6. The number of aliphatic hydroxyl groups is 1. The molecule has 0 saturated carbocycles. The van der Waals surface area contributed by atoms with E-state index in [2.05, 4.69) is 37.4 Å². The van der Waals surface area contributed by atoms with Gasteiger partial charge in [0, 0.05) is 10.9 Å². The molecule has 2 unspecified atom stereocenters. The van der Waals surface area contributed by atoms with Gasteiger partial charge >= 0.3 is 0 Å². The van der Waals surface area contributed by atoms with Crippen molar-refractivity contribution in [2.24, 2.45) is 5.73 Å². The molecule has 0 aromatic heterocycles. The van der Waals surface area contributed by atoms with Crippen molar-refractivity contribution in [3.63, 3.8) is 0 Å². The van der Waals surface area contributed by atoms with Crippen LogP contribution in [0.2, 0.25) is 0 Å². The Morgan fingerprint density at radius 1 is 1.24 bits per heavy atom.